The van der Waals surface area contributed by atoms with Crippen molar-refractivity contribution in [3.05, 3.63) is 47.9 Å². The number of hydrogen-bond acceptors (Lipinski definition) is 5. The van der Waals surface area contributed by atoms with Crippen LogP contribution in [0, 0.1) is 6.92 Å². The van der Waals surface area contributed by atoms with Crippen LogP contribution in [0.3, 0.4) is 0 Å². The highest BCUT2D eigenvalue weighted by molar-refractivity contribution is 5.94. The Morgan fingerprint density at radius 1 is 1.35 bits per heavy atom. The third kappa shape index (κ3) is 4.26. The topological polar surface area (TPSA) is 76.1 Å². The van der Waals surface area contributed by atoms with Crippen LogP contribution in [-0.2, 0) is 16.1 Å². The van der Waals surface area contributed by atoms with Crippen molar-refractivity contribution in [2.24, 2.45) is 0 Å². The highest BCUT2D eigenvalue weighted by atomic mass is 16.5. The Bertz CT molecular complexity index is 684. The van der Waals surface area contributed by atoms with Crippen LogP contribution >= 0.6 is 0 Å². The van der Waals surface area contributed by atoms with Gasteiger partial charge in [0.1, 0.15) is 18.2 Å². The zero-order chi connectivity index (χ0) is 16.1. The van der Waals surface area contributed by atoms with Crippen molar-refractivity contribution in [1.29, 1.82) is 0 Å². The molecule has 0 aliphatic carbocycles. The van der Waals surface area contributed by atoms with Crippen molar-refractivity contribution in [2.45, 2.75) is 32.4 Å². The maximum absolute atomic E-state index is 12.1. The summed E-state index contributed by atoms with van der Waals surface area (Å²) in [5.41, 5.74) is 2.76. The Hall–Kier alpha value is -2.47. The number of rotatable bonds is 5. The Kier molecular flexibility index (Phi) is 4.83. The van der Waals surface area contributed by atoms with Crippen LogP contribution in [0.5, 0.6) is 0 Å². The van der Waals surface area contributed by atoms with Gasteiger partial charge in [-0.2, -0.15) is 0 Å². The fraction of sp³-hybridized carbons (Fsp3) is 0.353. The number of aromatic nitrogens is 2. The lowest BCUT2D eigenvalue weighted by molar-refractivity contribution is -0.124. The van der Waals surface area contributed by atoms with E-state index in [2.05, 4.69) is 20.6 Å². The molecule has 1 saturated heterocycles. The number of anilines is 2. The average molecular weight is 312 g/mol. The van der Waals surface area contributed by atoms with Gasteiger partial charge in [0, 0.05) is 30.6 Å². The van der Waals surface area contributed by atoms with Gasteiger partial charge >= 0.3 is 0 Å². The molecule has 1 fully saturated rings. The summed E-state index contributed by atoms with van der Waals surface area (Å²) in [4.78, 5) is 20.3. The van der Waals surface area contributed by atoms with Gasteiger partial charge in [-0.15, -0.1) is 0 Å². The molecule has 0 spiro atoms. The monoisotopic (exact) mass is 312 g/mol. The van der Waals surface area contributed by atoms with Crippen LogP contribution in [0.2, 0.25) is 0 Å². The third-order valence-electron chi connectivity index (χ3n) is 3.69. The summed E-state index contributed by atoms with van der Waals surface area (Å²) in [6.45, 7) is 3.22. The smallest absolute Gasteiger partial charge is 0.253 e. The number of nitrogens with zero attached hydrogens (tertiary/aromatic N) is 2. The van der Waals surface area contributed by atoms with Crippen LogP contribution in [0.15, 0.2) is 36.7 Å². The first kappa shape index (κ1) is 15.4. The van der Waals surface area contributed by atoms with E-state index in [0.717, 1.165) is 35.6 Å². The molecule has 1 amide bonds. The van der Waals surface area contributed by atoms with Crippen LogP contribution in [0.25, 0.3) is 0 Å². The molecule has 23 heavy (non-hydrogen) atoms. The van der Waals surface area contributed by atoms with Gasteiger partial charge in [0.15, 0.2) is 0 Å². The summed E-state index contributed by atoms with van der Waals surface area (Å²) in [5, 5.41) is 6.16. The largest absolute Gasteiger partial charge is 0.368 e. The maximum atomic E-state index is 12.1. The van der Waals surface area contributed by atoms with Crippen molar-refractivity contribution >= 4 is 17.4 Å². The Morgan fingerprint density at radius 3 is 3.04 bits per heavy atom. The van der Waals surface area contributed by atoms with Gasteiger partial charge in [0.25, 0.3) is 5.91 Å². The fourth-order valence-electron chi connectivity index (χ4n) is 2.51. The van der Waals surface area contributed by atoms with E-state index in [4.69, 9.17) is 4.74 Å². The second kappa shape index (κ2) is 7.19. The summed E-state index contributed by atoms with van der Waals surface area (Å²) >= 11 is 0. The molecule has 2 aromatic rings. The molecule has 120 valence electrons. The zero-order valence-corrected chi connectivity index (χ0v) is 13.1. The van der Waals surface area contributed by atoms with Crippen LogP contribution < -0.4 is 10.6 Å². The van der Waals surface area contributed by atoms with E-state index in [-0.39, 0.29) is 12.0 Å². The fourth-order valence-corrected chi connectivity index (χ4v) is 2.51. The quantitative estimate of drug-likeness (QED) is 0.887. The number of nitrogens with one attached hydrogen (secondary N) is 2. The number of carbonyl (C=O) groups excluding carboxylic acids is 1. The molecular formula is C17H20N4O2. The van der Waals surface area contributed by atoms with Crippen LogP contribution in [0.1, 0.15) is 24.1 Å². The van der Waals surface area contributed by atoms with Crippen molar-refractivity contribution in [1.82, 2.24) is 9.97 Å². The van der Waals surface area contributed by atoms with E-state index in [1.807, 2.05) is 37.3 Å². The van der Waals surface area contributed by atoms with Crippen molar-refractivity contribution in [3.63, 3.8) is 0 Å². The molecule has 1 atom stereocenters. The van der Waals surface area contributed by atoms with E-state index in [0.29, 0.717) is 13.2 Å². The van der Waals surface area contributed by atoms with Gasteiger partial charge in [0.05, 0.1) is 0 Å². The van der Waals surface area contributed by atoms with E-state index in [1.54, 1.807) is 0 Å². The summed E-state index contributed by atoms with van der Waals surface area (Å²) in [5.74, 6) is 0.713. The average Bonchev–Trinajstić information content (AvgIpc) is 3.08. The lowest BCUT2D eigenvalue weighted by Gasteiger charge is -2.12. The van der Waals surface area contributed by atoms with Crippen molar-refractivity contribution in [2.75, 3.05) is 17.2 Å². The minimum absolute atomic E-state index is 0.0703. The van der Waals surface area contributed by atoms with Crippen molar-refractivity contribution < 1.29 is 9.53 Å². The predicted octanol–water partition coefficient (Wildman–Crippen LogP) is 2.51. The summed E-state index contributed by atoms with van der Waals surface area (Å²) in [6.07, 6.45) is 2.96. The highest BCUT2D eigenvalue weighted by Crippen LogP contribution is 2.17. The SMILES string of the molecule is Cc1cc(NCc2cccc(NC(=O)C3CCCO3)c2)ncn1. The van der Waals surface area contributed by atoms with Gasteiger partial charge in [-0.1, -0.05) is 12.1 Å². The van der Waals surface area contributed by atoms with Crippen LogP contribution in [-0.4, -0.2) is 28.6 Å². The Balaban J connectivity index is 1.59. The molecule has 1 aliphatic rings. The number of amides is 1. The molecular weight excluding hydrogens is 292 g/mol. The lowest BCUT2D eigenvalue weighted by atomic mass is 10.2. The van der Waals surface area contributed by atoms with Gasteiger partial charge in [0.2, 0.25) is 0 Å². The molecule has 0 saturated carbocycles. The minimum atomic E-state index is -0.319. The first-order chi connectivity index (χ1) is 11.2. The number of ether oxygens (including phenoxy) is 1. The minimum Gasteiger partial charge on any atom is -0.368 e. The van der Waals surface area contributed by atoms with E-state index in [9.17, 15) is 4.79 Å². The Morgan fingerprint density at radius 2 is 2.26 bits per heavy atom. The first-order valence-corrected chi connectivity index (χ1v) is 7.74. The van der Waals surface area contributed by atoms with E-state index < -0.39 is 0 Å². The molecule has 6 heteroatoms. The van der Waals surface area contributed by atoms with Crippen LogP contribution in [0.4, 0.5) is 11.5 Å². The number of hydrogen-bond donors (Lipinski definition) is 2. The normalized spacial score (nSPS) is 17.0. The molecule has 1 aromatic carbocycles. The zero-order valence-electron chi connectivity index (χ0n) is 13.1. The lowest BCUT2D eigenvalue weighted by Crippen LogP contribution is -2.26. The molecule has 2 heterocycles. The summed E-state index contributed by atoms with van der Waals surface area (Å²) < 4.78 is 5.40. The molecule has 0 bridgehead atoms. The molecule has 0 radical (unpaired) electrons. The number of carbonyl (C=O) groups is 1. The molecule has 3 rings (SSSR count). The van der Waals surface area contributed by atoms with E-state index >= 15 is 0 Å². The maximum Gasteiger partial charge on any atom is 0.253 e. The van der Waals surface area contributed by atoms with Gasteiger partial charge in [-0.25, -0.2) is 9.97 Å². The van der Waals surface area contributed by atoms with Crippen molar-refractivity contribution in [3.8, 4) is 0 Å². The second-order valence-electron chi connectivity index (χ2n) is 5.59. The molecule has 6 nitrogen and oxygen atoms in total. The summed E-state index contributed by atoms with van der Waals surface area (Å²) in [6, 6.07) is 9.65. The molecule has 1 aromatic heterocycles. The first-order valence-electron chi connectivity index (χ1n) is 7.74. The molecule has 2 N–H and O–H groups in total. The standard InChI is InChI=1S/C17H20N4O2/c1-12-8-16(20-11-19-12)18-10-13-4-2-5-14(9-13)21-17(22)15-6-3-7-23-15/h2,4-5,8-9,11,15H,3,6-7,10H2,1H3,(H,21,22)(H,18,19,20). The predicted molar refractivity (Wildman–Crippen MR) is 88.1 cm³/mol. The Labute approximate surface area is 135 Å². The molecule has 1 unspecified atom stereocenters. The molecule has 1 aliphatic heterocycles. The highest BCUT2D eigenvalue weighted by Gasteiger charge is 2.23. The van der Waals surface area contributed by atoms with Gasteiger partial charge in [-0.3, -0.25) is 4.79 Å². The number of aryl methyl sites for hydroxylation is 1. The van der Waals surface area contributed by atoms with Gasteiger partial charge < -0.3 is 15.4 Å². The number of benzene rings is 1. The third-order valence-corrected chi connectivity index (χ3v) is 3.69. The van der Waals surface area contributed by atoms with Gasteiger partial charge in [-0.05, 0) is 37.5 Å². The summed E-state index contributed by atoms with van der Waals surface area (Å²) in [7, 11) is 0. The second-order valence-corrected chi connectivity index (χ2v) is 5.59. The van der Waals surface area contributed by atoms with E-state index in [1.165, 1.54) is 6.33 Å².